The summed E-state index contributed by atoms with van der Waals surface area (Å²) in [5, 5.41) is 30.8. The van der Waals surface area contributed by atoms with E-state index in [1.807, 2.05) is 12.2 Å². The van der Waals surface area contributed by atoms with Crippen molar-refractivity contribution in [1.29, 1.82) is 0 Å². The Labute approximate surface area is 348 Å². The number of rotatable bonds is 33. The van der Waals surface area contributed by atoms with E-state index in [9.17, 15) is 37.9 Å². The van der Waals surface area contributed by atoms with Crippen LogP contribution >= 0.6 is 0 Å². The van der Waals surface area contributed by atoms with Crippen LogP contribution in [0.3, 0.4) is 0 Å². The van der Waals surface area contributed by atoms with Crippen molar-refractivity contribution in [3.8, 4) is 0 Å². The Morgan fingerprint density at radius 3 is 1.67 bits per heavy atom. The van der Waals surface area contributed by atoms with Crippen LogP contribution in [0.15, 0.2) is 85.1 Å². The zero-order valence-electron chi connectivity index (χ0n) is 34.9. The van der Waals surface area contributed by atoms with Crippen molar-refractivity contribution in [2.45, 2.75) is 166 Å². The van der Waals surface area contributed by atoms with Crippen molar-refractivity contribution in [2.24, 2.45) is 0 Å². The smallest absolute Gasteiger partial charge is 0.306 e. The van der Waals surface area contributed by atoms with Gasteiger partial charge >= 0.3 is 11.9 Å². The number of aliphatic hydroxyl groups excluding tert-OH is 3. The molecule has 1 fully saturated rings. The van der Waals surface area contributed by atoms with Crippen LogP contribution in [0.5, 0.6) is 0 Å². The van der Waals surface area contributed by atoms with Crippen LogP contribution in [0.4, 0.5) is 0 Å². The van der Waals surface area contributed by atoms with E-state index in [0.29, 0.717) is 19.3 Å². The van der Waals surface area contributed by atoms with Crippen LogP contribution in [0, 0.1) is 0 Å². The monoisotopic (exact) mass is 836 g/mol. The van der Waals surface area contributed by atoms with Crippen LogP contribution < -0.4 is 0 Å². The van der Waals surface area contributed by atoms with Crippen molar-refractivity contribution in [1.82, 2.24) is 0 Å². The van der Waals surface area contributed by atoms with Crippen molar-refractivity contribution in [3.63, 3.8) is 0 Å². The van der Waals surface area contributed by atoms with Crippen LogP contribution in [-0.4, -0.2) is 96.0 Å². The molecule has 12 nitrogen and oxygen atoms in total. The number of aliphatic hydroxyl groups is 3. The second kappa shape index (κ2) is 34.7. The highest BCUT2D eigenvalue weighted by Gasteiger charge is 2.46. The van der Waals surface area contributed by atoms with Crippen LogP contribution in [-0.2, 0) is 38.7 Å². The maximum atomic E-state index is 12.8. The van der Waals surface area contributed by atoms with Gasteiger partial charge in [-0.1, -0.05) is 125 Å². The number of hydrogen-bond donors (Lipinski definition) is 4. The average molecular weight is 837 g/mol. The summed E-state index contributed by atoms with van der Waals surface area (Å²) in [7, 11) is -4.61. The molecule has 0 bridgehead atoms. The molecule has 4 N–H and O–H groups in total. The number of hydrogen-bond acceptors (Lipinski definition) is 11. The largest absolute Gasteiger partial charge is 0.462 e. The third kappa shape index (κ3) is 29.1. The lowest BCUT2D eigenvalue weighted by molar-refractivity contribution is -0.297. The highest BCUT2D eigenvalue weighted by Crippen LogP contribution is 2.24. The highest BCUT2D eigenvalue weighted by molar-refractivity contribution is 7.85. The second-order valence-corrected chi connectivity index (χ2v) is 15.8. The van der Waals surface area contributed by atoms with Gasteiger partial charge in [0.15, 0.2) is 12.4 Å². The molecule has 0 spiro atoms. The fourth-order valence-electron chi connectivity index (χ4n) is 5.69. The number of ether oxygens (including phenoxy) is 4. The number of unbranched alkanes of at least 4 members (excludes halogenated alkanes) is 7. The lowest BCUT2D eigenvalue weighted by Gasteiger charge is -2.40. The first-order chi connectivity index (χ1) is 28.0. The maximum absolute atomic E-state index is 12.8. The molecule has 0 aromatic heterocycles. The van der Waals surface area contributed by atoms with Crippen molar-refractivity contribution in [2.75, 3.05) is 19.0 Å². The van der Waals surface area contributed by atoms with Gasteiger partial charge in [-0.2, -0.15) is 8.42 Å². The number of esters is 2. The predicted octanol–water partition coefficient (Wildman–Crippen LogP) is 8.11. The molecule has 6 unspecified atom stereocenters. The molecule has 58 heavy (non-hydrogen) atoms. The highest BCUT2D eigenvalue weighted by atomic mass is 32.2. The van der Waals surface area contributed by atoms with Crippen molar-refractivity contribution >= 4 is 22.1 Å². The van der Waals surface area contributed by atoms with Crippen molar-refractivity contribution in [3.05, 3.63) is 85.1 Å². The predicted molar refractivity (Wildman–Crippen MR) is 228 cm³/mol. The van der Waals surface area contributed by atoms with Gasteiger partial charge in [0.2, 0.25) is 0 Å². The zero-order valence-corrected chi connectivity index (χ0v) is 35.7. The van der Waals surface area contributed by atoms with E-state index >= 15 is 0 Å². The lowest BCUT2D eigenvalue weighted by Crippen LogP contribution is -2.60. The average Bonchev–Trinajstić information content (AvgIpc) is 3.18. The van der Waals surface area contributed by atoms with Gasteiger partial charge in [0.05, 0.1) is 6.61 Å². The maximum Gasteiger partial charge on any atom is 0.306 e. The quantitative estimate of drug-likeness (QED) is 0.0216. The van der Waals surface area contributed by atoms with E-state index < -0.39 is 71.2 Å². The number of allylic oxidation sites excluding steroid dienone is 14. The Bertz CT molecular complexity index is 1400. The summed E-state index contributed by atoms with van der Waals surface area (Å²) in [4.78, 5) is 25.3. The van der Waals surface area contributed by atoms with Gasteiger partial charge in [0, 0.05) is 12.8 Å². The van der Waals surface area contributed by atoms with E-state index in [1.54, 1.807) is 0 Å². The summed E-state index contributed by atoms with van der Waals surface area (Å²) >= 11 is 0. The minimum absolute atomic E-state index is 0.0778. The summed E-state index contributed by atoms with van der Waals surface area (Å²) in [5.74, 6) is -2.09. The summed E-state index contributed by atoms with van der Waals surface area (Å²) in [6, 6.07) is 0. The molecular weight excluding hydrogens is 765 g/mol. The second-order valence-electron chi connectivity index (χ2n) is 14.3. The van der Waals surface area contributed by atoms with Crippen LogP contribution in [0.1, 0.15) is 129 Å². The van der Waals surface area contributed by atoms with Crippen molar-refractivity contribution < 1.29 is 56.8 Å². The minimum Gasteiger partial charge on any atom is -0.462 e. The molecule has 1 heterocycles. The minimum atomic E-state index is -4.61. The molecule has 0 aliphatic carbocycles. The summed E-state index contributed by atoms with van der Waals surface area (Å²) in [6.45, 7) is 3.49. The first kappa shape index (κ1) is 52.8. The summed E-state index contributed by atoms with van der Waals surface area (Å²) in [5.41, 5.74) is 0. The third-order valence-electron chi connectivity index (χ3n) is 8.94. The molecule has 0 aromatic carbocycles. The van der Waals surface area contributed by atoms with Gasteiger partial charge in [-0.05, 0) is 77.0 Å². The SMILES string of the molecule is CC/C=C\C/C=C\C/C=C\C/C=C\C/C=C\CCCC(=O)OC(COC(=O)CCCCCCC/C=C\C/C=C\CCC)COC1OC(CS(=O)(=O)O)C(O)C(O)C1O. The molecule has 1 aliphatic heterocycles. The first-order valence-electron chi connectivity index (χ1n) is 21.1. The summed E-state index contributed by atoms with van der Waals surface area (Å²) in [6.07, 6.45) is 35.0. The van der Waals surface area contributed by atoms with Gasteiger partial charge in [-0.15, -0.1) is 0 Å². The molecule has 6 atom stereocenters. The van der Waals surface area contributed by atoms with E-state index in [4.69, 9.17) is 18.9 Å². The molecule has 0 saturated carbocycles. The Morgan fingerprint density at radius 1 is 0.603 bits per heavy atom. The molecule has 330 valence electrons. The summed E-state index contributed by atoms with van der Waals surface area (Å²) < 4.78 is 53.9. The van der Waals surface area contributed by atoms with Crippen LogP contribution in [0.2, 0.25) is 0 Å². The molecule has 0 amide bonds. The number of carbonyl (C=O) groups is 2. The van der Waals surface area contributed by atoms with E-state index in [1.165, 1.54) is 0 Å². The molecular formula is C45H72O12S. The van der Waals surface area contributed by atoms with E-state index in [-0.39, 0.29) is 19.4 Å². The third-order valence-corrected chi connectivity index (χ3v) is 9.69. The molecule has 0 aromatic rings. The molecule has 1 rings (SSSR count). The normalized spacial score (nSPS) is 21.2. The topological polar surface area (TPSA) is 186 Å². The fourth-order valence-corrected chi connectivity index (χ4v) is 6.38. The van der Waals surface area contributed by atoms with E-state index in [0.717, 1.165) is 83.5 Å². The Kier molecular flexibility index (Phi) is 31.6. The Hall–Kier alpha value is -3.17. The van der Waals surface area contributed by atoms with Gasteiger partial charge in [0.1, 0.15) is 36.8 Å². The fraction of sp³-hybridized carbons (Fsp3) is 0.644. The van der Waals surface area contributed by atoms with E-state index in [2.05, 4.69) is 86.8 Å². The standard InChI is InChI=1S/C45H72O12S/c1-3-5-7-9-11-13-15-17-18-19-20-22-24-26-28-30-32-34-41(47)56-38(36-55-45-44(50)43(49)42(48)39(57-45)37-58(51,52)53)35-54-40(46)33-31-29-27-25-23-21-16-14-12-10-8-6-4-2/h5,7-8,10-11,13-14,16-18,20,22,26,28,38-39,42-45,48-50H,3-4,6,9,12,15,19,21,23-25,27,29-37H2,1-2H3,(H,51,52,53)/b7-5-,10-8-,13-11-,16-14-,18-17-,22-20-,28-26-. The molecule has 1 aliphatic rings. The van der Waals surface area contributed by atoms with Gasteiger partial charge in [-0.25, -0.2) is 0 Å². The zero-order chi connectivity index (χ0) is 42.7. The molecule has 13 heteroatoms. The molecule has 1 saturated heterocycles. The first-order valence-corrected chi connectivity index (χ1v) is 22.8. The van der Waals surface area contributed by atoms with Crippen LogP contribution in [0.25, 0.3) is 0 Å². The Morgan fingerprint density at radius 2 is 1.10 bits per heavy atom. The lowest BCUT2D eigenvalue weighted by atomic mass is 10.00. The number of carbonyl (C=O) groups excluding carboxylic acids is 2. The van der Waals surface area contributed by atoms with Gasteiger partial charge in [0.25, 0.3) is 10.1 Å². The van der Waals surface area contributed by atoms with Gasteiger partial charge < -0.3 is 34.3 Å². The Balaban J connectivity index is 2.55. The molecule has 0 radical (unpaired) electrons. The van der Waals surface area contributed by atoms with Gasteiger partial charge in [-0.3, -0.25) is 14.1 Å².